The van der Waals surface area contributed by atoms with Crippen LogP contribution >= 0.6 is 0 Å². The van der Waals surface area contributed by atoms with Gasteiger partial charge in [-0.15, -0.1) is 0 Å². The van der Waals surface area contributed by atoms with Crippen LogP contribution in [0.2, 0.25) is 0 Å². The average Bonchev–Trinajstić information content (AvgIpc) is 2.30. The fraction of sp³-hybridized carbons (Fsp3) is 1.00. The van der Waals surface area contributed by atoms with Gasteiger partial charge in [-0.3, -0.25) is 0 Å². The lowest BCUT2D eigenvalue weighted by atomic mass is 9.66. The molecule has 2 aliphatic rings. The Hall–Kier alpha value is -0.0400. The lowest BCUT2D eigenvalue weighted by Crippen LogP contribution is -2.36. The third-order valence-corrected chi connectivity index (χ3v) is 4.82. The van der Waals surface area contributed by atoms with Crippen LogP contribution in [0.25, 0.3) is 0 Å². The van der Waals surface area contributed by atoms with Crippen LogP contribution in [0.3, 0.4) is 0 Å². The summed E-state index contributed by atoms with van der Waals surface area (Å²) in [5, 5.41) is 10.1. The van der Waals surface area contributed by atoms with Crippen molar-refractivity contribution in [3.05, 3.63) is 0 Å². The summed E-state index contributed by atoms with van der Waals surface area (Å²) >= 11 is 0. The van der Waals surface area contributed by atoms with Crippen molar-refractivity contribution in [2.45, 2.75) is 70.8 Å². The number of hydrogen-bond acceptors (Lipinski definition) is 1. The smallest absolute Gasteiger partial charge is 0.0571 e. The van der Waals surface area contributed by atoms with Crippen LogP contribution in [0.1, 0.15) is 64.7 Å². The molecule has 0 saturated heterocycles. The fourth-order valence-electron chi connectivity index (χ4n) is 3.95. The molecule has 0 heterocycles. The molecule has 0 amide bonds. The Labute approximate surface area is 94.3 Å². The Bertz CT molecular complexity index is 190. The van der Waals surface area contributed by atoms with E-state index in [0.29, 0.717) is 5.92 Å². The van der Waals surface area contributed by atoms with Gasteiger partial charge in [-0.1, -0.05) is 45.4 Å². The first-order valence-electron chi connectivity index (χ1n) is 7.01. The third-order valence-electron chi connectivity index (χ3n) is 4.82. The number of hydrogen-bond donors (Lipinski definition) is 1. The summed E-state index contributed by atoms with van der Waals surface area (Å²) in [5.41, 5.74) is 0. The van der Waals surface area contributed by atoms with E-state index in [0.717, 1.165) is 18.3 Å². The largest absolute Gasteiger partial charge is 0.393 e. The standard InChI is InChI=1S/C14H26O/c1-2-11-7-3-4-8-12(11)13-9-5-6-10-14(13)15/h11-15H,2-10H2,1H3/t11?,12?,13-,14?/m0/s1. The van der Waals surface area contributed by atoms with Crippen LogP contribution in [0.4, 0.5) is 0 Å². The highest BCUT2D eigenvalue weighted by molar-refractivity contribution is 4.86. The molecule has 0 aromatic heterocycles. The van der Waals surface area contributed by atoms with Crippen molar-refractivity contribution in [1.29, 1.82) is 0 Å². The first-order valence-corrected chi connectivity index (χ1v) is 7.01. The summed E-state index contributed by atoms with van der Waals surface area (Å²) < 4.78 is 0. The fourth-order valence-corrected chi connectivity index (χ4v) is 3.95. The maximum atomic E-state index is 10.1. The van der Waals surface area contributed by atoms with Gasteiger partial charge < -0.3 is 5.11 Å². The van der Waals surface area contributed by atoms with Crippen LogP contribution in [-0.4, -0.2) is 11.2 Å². The van der Waals surface area contributed by atoms with Gasteiger partial charge in [0.25, 0.3) is 0 Å². The molecule has 1 nitrogen and oxygen atoms in total. The summed E-state index contributed by atoms with van der Waals surface area (Å²) in [4.78, 5) is 0. The Morgan fingerprint density at radius 1 is 0.867 bits per heavy atom. The Kier molecular flexibility index (Phi) is 4.07. The maximum Gasteiger partial charge on any atom is 0.0571 e. The molecule has 2 fully saturated rings. The van der Waals surface area contributed by atoms with E-state index >= 15 is 0 Å². The maximum absolute atomic E-state index is 10.1. The molecule has 4 atom stereocenters. The van der Waals surface area contributed by atoms with E-state index in [1.807, 2.05) is 0 Å². The van der Waals surface area contributed by atoms with Crippen molar-refractivity contribution in [3.63, 3.8) is 0 Å². The minimum atomic E-state index is 0.0240. The zero-order valence-corrected chi connectivity index (χ0v) is 10.1. The molecule has 3 unspecified atom stereocenters. The van der Waals surface area contributed by atoms with E-state index in [-0.39, 0.29) is 6.10 Å². The average molecular weight is 210 g/mol. The van der Waals surface area contributed by atoms with Gasteiger partial charge in [0.1, 0.15) is 0 Å². The third kappa shape index (κ3) is 2.55. The number of aliphatic hydroxyl groups excluding tert-OH is 1. The molecule has 2 saturated carbocycles. The van der Waals surface area contributed by atoms with Crippen molar-refractivity contribution in [3.8, 4) is 0 Å². The monoisotopic (exact) mass is 210 g/mol. The van der Waals surface area contributed by atoms with Crippen molar-refractivity contribution < 1.29 is 5.11 Å². The summed E-state index contributed by atoms with van der Waals surface area (Å²) in [6.45, 7) is 2.33. The predicted octanol–water partition coefficient (Wildman–Crippen LogP) is 3.75. The molecule has 0 spiro atoms. The summed E-state index contributed by atoms with van der Waals surface area (Å²) in [5.74, 6) is 2.40. The van der Waals surface area contributed by atoms with Gasteiger partial charge >= 0.3 is 0 Å². The van der Waals surface area contributed by atoms with Crippen LogP contribution in [-0.2, 0) is 0 Å². The van der Waals surface area contributed by atoms with Crippen molar-refractivity contribution in [1.82, 2.24) is 0 Å². The molecule has 1 heteroatoms. The second kappa shape index (κ2) is 5.34. The van der Waals surface area contributed by atoms with Gasteiger partial charge in [0, 0.05) is 0 Å². The molecule has 2 rings (SSSR count). The number of rotatable bonds is 2. The van der Waals surface area contributed by atoms with Gasteiger partial charge in [0.15, 0.2) is 0 Å². The molecule has 0 aromatic rings. The molecular weight excluding hydrogens is 184 g/mol. The highest BCUT2D eigenvalue weighted by Crippen LogP contribution is 2.42. The quantitative estimate of drug-likeness (QED) is 0.736. The van der Waals surface area contributed by atoms with Crippen molar-refractivity contribution in [2.24, 2.45) is 17.8 Å². The Balaban J connectivity index is 1.99. The van der Waals surface area contributed by atoms with Gasteiger partial charge in [-0.05, 0) is 37.0 Å². The SMILES string of the molecule is CCC1CCCCC1[C@@H]1CCCCC1O. The molecule has 0 bridgehead atoms. The highest BCUT2D eigenvalue weighted by Gasteiger charge is 2.35. The van der Waals surface area contributed by atoms with Gasteiger partial charge in [-0.25, -0.2) is 0 Å². The normalized spacial score (nSPS) is 42.8. The molecule has 88 valence electrons. The first kappa shape index (κ1) is 11.4. The second-order valence-corrected chi connectivity index (χ2v) is 5.63. The van der Waals surface area contributed by atoms with Gasteiger partial charge in [0.05, 0.1) is 6.10 Å². The van der Waals surface area contributed by atoms with Crippen molar-refractivity contribution in [2.75, 3.05) is 0 Å². The topological polar surface area (TPSA) is 20.2 Å². The van der Waals surface area contributed by atoms with Gasteiger partial charge in [-0.2, -0.15) is 0 Å². The number of aliphatic hydroxyl groups is 1. The zero-order chi connectivity index (χ0) is 10.7. The van der Waals surface area contributed by atoms with E-state index in [9.17, 15) is 5.11 Å². The van der Waals surface area contributed by atoms with E-state index in [2.05, 4.69) is 6.92 Å². The second-order valence-electron chi connectivity index (χ2n) is 5.63. The summed E-state index contributed by atoms with van der Waals surface area (Å²) in [6.07, 6.45) is 12.0. The lowest BCUT2D eigenvalue weighted by molar-refractivity contribution is 0.00403. The van der Waals surface area contributed by atoms with Crippen LogP contribution in [0.15, 0.2) is 0 Å². The summed E-state index contributed by atoms with van der Waals surface area (Å²) in [6, 6.07) is 0. The van der Waals surface area contributed by atoms with Crippen LogP contribution in [0.5, 0.6) is 0 Å². The highest BCUT2D eigenvalue weighted by atomic mass is 16.3. The lowest BCUT2D eigenvalue weighted by Gasteiger charge is -2.41. The molecule has 1 N–H and O–H groups in total. The molecule has 0 aliphatic heterocycles. The molecular formula is C14H26O. The van der Waals surface area contributed by atoms with E-state index in [1.165, 1.54) is 51.4 Å². The summed E-state index contributed by atoms with van der Waals surface area (Å²) in [7, 11) is 0. The minimum Gasteiger partial charge on any atom is -0.393 e. The first-order chi connectivity index (χ1) is 7.33. The molecule has 0 aromatic carbocycles. The molecule has 0 radical (unpaired) electrons. The Morgan fingerprint density at radius 3 is 2.13 bits per heavy atom. The van der Waals surface area contributed by atoms with Crippen LogP contribution in [0, 0.1) is 17.8 Å². The van der Waals surface area contributed by atoms with E-state index in [1.54, 1.807) is 0 Å². The van der Waals surface area contributed by atoms with Gasteiger partial charge in [0.2, 0.25) is 0 Å². The van der Waals surface area contributed by atoms with Crippen LogP contribution < -0.4 is 0 Å². The van der Waals surface area contributed by atoms with Crippen molar-refractivity contribution >= 4 is 0 Å². The molecule has 15 heavy (non-hydrogen) atoms. The van der Waals surface area contributed by atoms with E-state index < -0.39 is 0 Å². The molecule has 2 aliphatic carbocycles. The predicted molar refractivity (Wildman–Crippen MR) is 63.7 cm³/mol. The minimum absolute atomic E-state index is 0.0240. The zero-order valence-electron chi connectivity index (χ0n) is 10.1. The van der Waals surface area contributed by atoms with E-state index in [4.69, 9.17) is 0 Å². The Morgan fingerprint density at radius 2 is 1.47 bits per heavy atom.